The maximum Gasteiger partial charge on any atom is 0.260 e. The normalized spacial score (nSPS) is 13.0. The summed E-state index contributed by atoms with van der Waals surface area (Å²) in [6.45, 7) is 2.23. The molecule has 4 rings (SSSR count). The van der Waals surface area contributed by atoms with Crippen LogP contribution < -0.4 is 4.90 Å². The highest BCUT2D eigenvalue weighted by molar-refractivity contribution is 6.10. The highest BCUT2D eigenvalue weighted by Gasteiger charge is 2.33. The molecule has 0 saturated carbocycles. The average Bonchev–Trinajstić information content (AvgIpc) is 3.13. The Bertz CT molecular complexity index is 982. The summed E-state index contributed by atoms with van der Waals surface area (Å²) in [5.74, 6) is 0.432. The summed E-state index contributed by atoms with van der Waals surface area (Å²) in [6.07, 6.45) is 0. The van der Waals surface area contributed by atoms with Gasteiger partial charge < -0.3 is 0 Å². The fourth-order valence-corrected chi connectivity index (χ4v) is 3.07. The molecule has 0 radical (unpaired) electrons. The molecule has 0 aliphatic carbocycles. The van der Waals surface area contributed by atoms with Crippen molar-refractivity contribution in [2.45, 2.75) is 13.5 Å². The lowest BCUT2D eigenvalue weighted by Crippen LogP contribution is -2.26. The number of hydrogen-bond donors (Lipinski definition) is 0. The Morgan fingerprint density at radius 2 is 1.79 bits per heavy atom. The Morgan fingerprint density at radius 1 is 1.08 bits per heavy atom. The van der Waals surface area contributed by atoms with Crippen molar-refractivity contribution in [3.8, 4) is 11.8 Å². The number of aryl methyl sites for hydroxylation is 1. The van der Waals surface area contributed by atoms with Gasteiger partial charge in [0.1, 0.15) is 11.6 Å². The molecule has 5 nitrogen and oxygen atoms in total. The molecule has 2 aromatic carbocycles. The summed E-state index contributed by atoms with van der Waals surface area (Å²) < 4.78 is 1.68. The molecule has 0 N–H and O–H groups in total. The summed E-state index contributed by atoms with van der Waals surface area (Å²) in [6, 6.07) is 19.3. The molecule has 0 saturated heterocycles. The minimum Gasteiger partial charge on any atom is -0.287 e. The van der Waals surface area contributed by atoms with Crippen molar-refractivity contribution in [1.29, 1.82) is 5.26 Å². The first kappa shape index (κ1) is 14.2. The van der Waals surface area contributed by atoms with Gasteiger partial charge >= 0.3 is 0 Å². The van der Waals surface area contributed by atoms with Crippen LogP contribution in [0.4, 0.5) is 5.82 Å². The standard InChI is InChI=1S/C19H14N4O/c1-13-17(11-20)18(23(21-13)15-8-3-2-4-9-15)22-12-14-7-5-6-10-16(14)19(22)24/h2-10H,12H2,1H3. The van der Waals surface area contributed by atoms with Crippen LogP contribution in [0.5, 0.6) is 0 Å². The number of fused-ring (bicyclic) bond motifs is 1. The molecule has 1 amide bonds. The first-order chi connectivity index (χ1) is 11.7. The lowest BCUT2D eigenvalue weighted by Gasteiger charge is -2.18. The fourth-order valence-electron chi connectivity index (χ4n) is 3.07. The van der Waals surface area contributed by atoms with Gasteiger partial charge in [-0.25, -0.2) is 4.68 Å². The third-order valence-electron chi connectivity index (χ3n) is 4.23. The van der Waals surface area contributed by atoms with E-state index in [1.807, 2.05) is 54.6 Å². The lowest BCUT2D eigenvalue weighted by molar-refractivity contribution is 0.0995. The quantitative estimate of drug-likeness (QED) is 0.729. The van der Waals surface area contributed by atoms with E-state index >= 15 is 0 Å². The summed E-state index contributed by atoms with van der Waals surface area (Å²) in [5, 5.41) is 14.1. The molecule has 1 aliphatic heterocycles. The molecule has 2 heterocycles. The largest absolute Gasteiger partial charge is 0.287 e. The molecule has 1 aromatic heterocycles. The number of amides is 1. The van der Waals surface area contributed by atoms with E-state index in [0.717, 1.165) is 11.3 Å². The molecule has 0 unspecified atom stereocenters. The minimum absolute atomic E-state index is 0.0980. The number of anilines is 1. The minimum atomic E-state index is -0.0980. The Balaban J connectivity index is 1.91. The molecular weight excluding hydrogens is 300 g/mol. The van der Waals surface area contributed by atoms with Crippen molar-refractivity contribution < 1.29 is 4.79 Å². The number of rotatable bonds is 2. The van der Waals surface area contributed by atoms with Crippen molar-refractivity contribution in [2.24, 2.45) is 0 Å². The molecule has 0 spiro atoms. The van der Waals surface area contributed by atoms with E-state index in [4.69, 9.17) is 0 Å². The van der Waals surface area contributed by atoms with Crippen LogP contribution in [-0.2, 0) is 6.54 Å². The molecule has 5 heteroatoms. The van der Waals surface area contributed by atoms with Gasteiger partial charge in [-0.1, -0.05) is 36.4 Å². The van der Waals surface area contributed by atoms with Crippen molar-refractivity contribution in [2.75, 3.05) is 4.90 Å². The van der Waals surface area contributed by atoms with Gasteiger partial charge in [0.15, 0.2) is 5.82 Å². The van der Waals surface area contributed by atoms with Crippen LogP contribution in [0.3, 0.4) is 0 Å². The number of nitriles is 1. The Labute approximate surface area is 139 Å². The lowest BCUT2D eigenvalue weighted by atomic mass is 10.1. The van der Waals surface area contributed by atoms with Crippen molar-refractivity contribution in [1.82, 2.24) is 9.78 Å². The summed E-state index contributed by atoms with van der Waals surface area (Å²) >= 11 is 0. The van der Waals surface area contributed by atoms with E-state index in [1.165, 1.54) is 0 Å². The van der Waals surface area contributed by atoms with Crippen LogP contribution in [0.2, 0.25) is 0 Å². The second-order valence-corrected chi connectivity index (χ2v) is 5.69. The van der Waals surface area contributed by atoms with E-state index in [9.17, 15) is 10.1 Å². The van der Waals surface area contributed by atoms with Gasteiger partial charge in [-0.3, -0.25) is 9.69 Å². The SMILES string of the molecule is Cc1nn(-c2ccccc2)c(N2Cc3ccccc3C2=O)c1C#N. The van der Waals surface area contributed by atoms with E-state index in [0.29, 0.717) is 29.2 Å². The second-order valence-electron chi connectivity index (χ2n) is 5.69. The van der Waals surface area contributed by atoms with E-state index in [1.54, 1.807) is 16.5 Å². The number of benzene rings is 2. The smallest absolute Gasteiger partial charge is 0.260 e. The molecular formula is C19H14N4O. The number of nitrogens with zero attached hydrogens (tertiary/aromatic N) is 4. The average molecular weight is 314 g/mol. The number of para-hydroxylation sites is 1. The van der Waals surface area contributed by atoms with Crippen LogP contribution in [-0.4, -0.2) is 15.7 Å². The molecule has 0 atom stereocenters. The zero-order chi connectivity index (χ0) is 16.7. The monoisotopic (exact) mass is 314 g/mol. The van der Waals surface area contributed by atoms with E-state index < -0.39 is 0 Å². The maximum absolute atomic E-state index is 12.8. The van der Waals surface area contributed by atoms with E-state index in [2.05, 4.69) is 11.2 Å². The second kappa shape index (κ2) is 5.36. The van der Waals surface area contributed by atoms with Gasteiger partial charge in [0.2, 0.25) is 0 Å². The molecule has 0 bridgehead atoms. The maximum atomic E-state index is 12.8. The van der Waals surface area contributed by atoms with Crippen molar-refractivity contribution >= 4 is 11.7 Å². The van der Waals surface area contributed by atoms with Crippen LogP contribution in [0.15, 0.2) is 54.6 Å². The molecule has 0 fully saturated rings. The van der Waals surface area contributed by atoms with Gasteiger partial charge in [-0.15, -0.1) is 0 Å². The predicted molar refractivity (Wildman–Crippen MR) is 90.0 cm³/mol. The third-order valence-corrected chi connectivity index (χ3v) is 4.23. The zero-order valence-electron chi connectivity index (χ0n) is 13.1. The van der Waals surface area contributed by atoms with E-state index in [-0.39, 0.29) is 5.91 Å². The number of carbonyl (C=O) groups excluding carboxylic acids is 1. The van der Waals surface area contributed by atoms with Gasteiger partial charge in [-0.2, -0.15) is 10.4 Å². The molecule has 1 aliphatic rings. The number of aromatic nitrogens is 2. The van der Waals surface area contributed by atoms with Gasteiger partial charge in [-0.05, 0) is 30.7 Å². The van der Waals surface area contributed by atoms with Crippen molar-refractivity contribution in [3.05, 3.63) is 77.0 Å². The topological polar surface area (TPSA) is 61.9 Å². The van der Waals surface area contributed by atoms with Crippen LogP contribution >= 0.6 is 0 Å². The zero-order valence-corrected chi connectivity index (χ0v) is 13.1. The molecule has 24 heavy (non-hydrogen) atoms. The molecule has 3 aromatic rings. The van der Waals surface area contributed by atoms with Crippen LogP contribution in [0.1, 0.15) is 27.2 Å². The molecule has 116 valence electrons. The number of hydrogen-bond acceptors (Lipinski definition) is 3. The summed E-state index contributed by atoms with van der Waals surface area (Å²) in [5.41, 5.74) is 3.51. The van der Waals surface area contributed by atoms with Gasteiger partial charge in [0, 0.05) is 5.56 Å². The Kier molecular flexibility index (Phi) is 3.17. The summed E-state index contributed by atoms with van der Waals surface area (Å²) in [4.78, 5) is 14.5. The first-order valence-corrected chi connectivity index (χ1v) is 7.65. The predicted octanol–water partition coefficient (Wildman–Crippen LogP) is 3.21. The highest BCUT2D eigenvalue weighted by Crippen LogP contribution is 2.33. The first-order valence-electron chi connectivity index (χ1n) is 7.65. The summed E-state index contributed by atoms with van der Waals surface area (Å²) in [7, 11) is 0. The van der Waals surface area contributed by atoms with Gasteiger partial charge in [0.25, 0.3) is 5.91 Å². The third kappa shape index (κ3) is 2.01. The van der Waals surface area contributed by atoms with Crippen molar-refractivity contribution in [3.63, 3.8) is 0 Å². The highest BCUT2D eigenvalue weighted by atomic mass is 16.2. The Hall–Kier alpha value is -3.39. The van der Waals surface area contributed by atoms with Gasteiger partial charge in [0.05, 0.1) is 17.9 Å². The van der Waals surface area contributed by atoms with Crippen LogP contribution in [0.25, 0.3) is 5.69 Å². The Morgan fingerprint density at radius 3 is 2.50 bits per heavy atom. The number of carbonyl (C=O) groups is 1. The fraction of sp³-hybridized carbons (Fsp3) is 0.105. The van der Waals surface area contributed by atoms with Crippen LogP contribution in [0, 0.1) is 18.3 Å².